The molecule has 1 rings (SSSR count). The van der Waals surface area contributed by atoms with Crippen molar-refractivity contribution in [3.05, 3.63) is 12.0 Å². The third-order valence-corrected chi connectivity index (χ3v) is 1.92. The molecule has 3 nitrogen and oxygen atoms in total. The highest BCUT2D eigenvalue weighted by atomic mass is 32.2. The lowest BCUT2D eigenvalue weighted by Crippen LogP contribution is -1.80. The maximum atomic E-state index is 5.26. The molecule has 0 bridgehead atoms. The van der Waals surface area contributed by atoms with E-state index in [-0.39, 0.29) is 6.01 Å². The minimum atomic E-state index is 0.256. The van der Waals surface area contributed by atoms with Gasteiger partial charge >= 0.3 is 0 Å². The van der Waals surface area contributed by atoms with Crippen LogP contribution < -0.4 is 5.73 Å². The van der Waals surface area contributed by atoms with Crippen LogP contribution in [0.25, 0.3) is 0 Å². The Morgan fingerprint density at radius 2 is 2.60 bits per heavy atom. The lowest BCUT2D eigenvalue weighted by molar-refractivity contribution is 0.544. The Balaban J connectivity index is 2.42. The smallest absolute Gasteiger partial charge is 0.292 e. The molecule has 0 atom stereocenters. The normalized spacial score (nSPS) is 10.1. The molecule has 4 heteroatoms. The van der Waals surface area contributed by atoms with Crippen molar-refractivity contribution in [3.8, 4) is 0 Å². The van der Waals surface area contributed by atoms with Crippen LogP contribution in [0.5, 0.6) is 0 Å². The van der Waals surface area contributed by atoms with E-state index < -0.39 is 0 Å². The van der Waals surface area contributed by atoms with Gasteiger partial charge in [-0.15, -0.1) is 0 Å². The van der Waals surface area contributed by atoms with Crippen molar-refractivity contribution in [3.63, 3.8) is 0 Å². The number of oxazole rings is 1. The number of nitrogens with two attached hydrogens (primary N) is 1. The third kappa shape index (κ3) is 1.95. The first kappa shape index (κ1) is 7.47. The number of hydrogen-bond acceptors (Lipinski definition) is 4. The summed E-state index contributed by atoms with van der Waals surface area (Å²) in [5, 5.41) is 0. The summed E-state index contributed by atoms with van der Waals surface area (Å²) < 4.78 is 5.03. The molecule has 2 N–H and O–H groups in total. The molecule has 56 valence electrons. The Kier molecular flexibility index (Phi) is 2.62. The van der Waals surface area contributed by atoms with E-state index in [0.717, 1.165) is 17.3 Å². The SMILES string of the molecule is CCSCc1cnc(N)o1. The fourth-order valence-electron chi connectivity index (χ4n) is 0.592. The monoisotopic (exact) mass is 158 g/mol. The number of thioether (sulfide) groups is 1. The van der Waals surface area contributed by atoms with Gasteiger partial charge in [-0.1, -0.05) is 6.92 Å². The molecular formula is C6H10N2OS. The number of aromatic nitrogens is 1. The van der Waals surface area contributed by atoms with Gasteiger partial charge in [-0.3, -0.25) is 0 Å². The van der Waals surface area contributed by atoms with Crippen molar-refractivity contribution in [1.29, 1.82) is 0 Å². The van der Waals surface area contributed by atoms with Gasteiger partial charge in [-0.2, -0.15) is 11.8 Å². The largest absolute Gasteiger partial charge is 0.428 e. The van der Waals surface area contributed by atoms with Crippen LogP contribution in [-0.4, -0.2) is 10.7 Å². The maximum Gasteiger partial charge on any atom is 0.292 e. The molecule has 1 aromatic rings. The molecule has 0 saturated heterocycles. The standard InChI is InChI=1S/C6H10N2OS/c1-2-10-4-5-3-8-6(7)9-5/h3H,2,4H2,1H3,(H2,7,8). The van der Waals surface area contributed by atoms with Crippen LogP contribution in [0, 0.1) is 0 Å². The molecule has 1 aromatic heterocycles. The molecule has 0 radical (unpaired) electrons. The second-order valence-electron chi connectivity index (χ2n) is 1.80. The van der Waals surface area contributed by atoms with Crippen LogP contribution in [0.2, 0.25) is 0 Å². The van der Waals surface area contributed by atoms with E-state index in [1.807, 2.05) is 0 Å². The predicted molar refractivity (Wildman–Crippen MR) is 42.8 cm³/mol. The van der Waals surface area contributed by atoms with E-state index in [1.54, 1.807) is 18.0 Å². The van der Waals surface area contributed by atoms with E-state index in [0.29, 0.717) is 0 Å². The van der Waals surface area contributed by atoms with Gasteiger partial charge in [0.25, 0.3) is 6.01 Å². The van der Waals surface area contributed by atoms with Crippen molar-refractivity contribution in [2.75, 3.05) is 11.5 Å². The molecule has 0 aromatic carbocycles. The van der Waals surface area contributed by atoms with E-state index in [4.69, 9.17) is 10.2 Å². The summed E-state index contributed by atoms with van der Waals surface area (Å²) in [6, 6.07) is 0.256. The zero-order valence-electron chi connectivity index (χ0n) is 5.83. The topological polar surface area (TPSA) is 52.0 Å². The van der Waals surface area contributed by atoms with Gasteiger partial charge in [0.15, 0.2) is 0 Å². The number of hydrogen-bond donors (Lipinski definition) is 1. The van der Waals surface area contributed by atoms with E-state index in [1.165, 1.54) is 0 Å². The molecule has 0 aliphatic heterocycles. The second-order valence-corrected chi connectivity index (χ2v) is 3.08. The highest BCUT2D eigenvalue weighted by Gasteiger charge is 1.97. The zero-order chi connectivity index (χ0) is 7.40. The molecule has 0 fully saturated rings. The Labute approximate surface area is 64.0 Å². The lowest BCUT2D eigenvalue weighted by atomic mass is 10.6. The quantitative estimate of drug-likeness (QED) is 0.724. The van der Waals surface area contributed by atoms with Crippen LogP contribution in [0.1, 0.15) is 12.7 Å². The summed E-state index contributed by atoms with van der Waals surface area (Å²) >= 11 is 1.79. The maximum absolute atomic E-state index is 5.26. The fourth-order valence-corrected chi connectivity index (χ4v) is 1.13. The Hall–Kier alpha value is -0.640. The van der Waals surface area contributed by atoms with Crippen LogP contribution >= 0.6 is 11.8 Å². The van der Waals surface area contributed by atoms with E-state index in [2.05, 4.69) is 11.9 Å². The van der Waals surface area contributed by atoms with Crippen molar-refractivity contribution in [2.24, 2.45) is 0 Å². The summed E-state index contributed by atoms with van der Waals surface area (Å²) in [6.07, 6.45) is 1.66. The third-order valence-electron chi connectivity index (χ3n) is 1.02. The minimum Gasteiger partial charge on any atom is -0.428 e. The average molecular weight is 158 g/mol. The minimum absolute atomic E-state index is 0.256. The van der Waals surface area contributed by atoms with Crippen molar-refractivity contribution < 1.29 is 4.42 Å². The van der Waals surface area contributed by atoms with Crippen molar-refractivity contribution >= 4 is 17.8 Å². The van der Waals surface area contributed by atoms with Gasteiger partial charge in [-0.25, -0.2) is 4.98 Å². The average Bonchev–Trinajstić information content (AvgIpc) is 2.31. The number of nitrogen functional groups attached to an aromatic ring is 1. The van der Waals surface area contributed by atoms with Gasteiger partial charge in [-0.05, 0) is 5.75 Å². The Morgan fingerprint density at radius 1 is 1.80 bits per heavy atom. The Bertz CT molecular complexity index is 199. The summed E-state index contributed by atoms with van der Waals surface area (Å²) in [6.45, 7) is 2.10. The van der Waals surface area contributed by atoms with E-state index in [9.17, 15) is 0 Å². The first-order chi connectivity index (χ1) is 4.83. The molecule has 0 aliphatic carbocycles. The number of nitrogens with zero attached hydrogens (tertiary/aromatic N) is 1. The molecule has 0 aliphatic rings. The zero-order valence-corrected chi connectivity index (χ0v) is 6.65. The lowest BCUT2D eigenvalue weighted by Gasteiger charge is -1.90. The Morgan fingerprint density at radius 3 is 3.10 bits per heavy atom. The summed E-state index contributed by atoms with van der Waals surface area (Å²) in [5.74, 6) is 2.80. The van der Waals surface area contributed by atoms with Gasteiger partial charge in [0.2, 0.25) is 0 Å². The molecular weight excluding hydrogens is 148 g/mol. The first-order valence-corrected chi connectivity index (χ1v) is 4.26. The molecule has 0 spiro atoms. The summed E-state index contributed by atoms with van der Waals surface area (Å²) in [4.78, 5) is 3.77. The number of anilines is 1. The molecule has 10 heavy (non-hydrogen) atoms. The van der Waals surface area contributed by atoms with E-state index >= 15 is 0 Å². The number of rotatable bonds is 3. The van der Waals surface area contributed by atoms with Crippen molar-refractivity contribution in [1.82, 2.24) is 4.98 Å². The van der Waals surface area contributed by atoms with Gasteiger partial charge < -0.3 is 10.2 Å². The predicted octanol–water partition coefficient (Wildman–Crippen LogP) is 1.51. The van der Waals surface area contributed by atoms with Crippen LogP contribution in [-0.2, 0) is 5.75 Å². The molecule has 0 unspecified atom stereocenters. The molecule has 0 amide bonds. The van der Waals surface area contributed by atoms with Crippen LogP contribution in [0.4, 0.5) is 6.01 Å². The molecule has 1 heterocycles. The highest BCUT2D eigenvalue weighted by molar-refractivity contribution is 7.98. The second kappa shape index (κ2) is 3.51. The van der Waals surface area contributed by atoms with Gasteiger partial charge in [0.05, 0.1) is 11.9 Å². The first-order valence-electron chi connectivity index (χ1n) is 3.11. The van der Waals surface area contributed by atoms with Crippen LogP contribution in [0.15, 0.2) is 10.6 Å². The van der Waals surface area contributed by atoms with Gasteiger partial charge in [0.1, 0.15) is 5.76 Å². The van der Waals surface area contributed by atoms with Crippen LogP contribution in [0.3, 0.4) is 0 Å². The molecule has 0 saturated carbocycles. The van der Waals surface area contributed by atoms with Gasteiger partial charge in [0, 0.05) is 0 Å². The summed E-state index contributed by atoms with van der Waals surface area (Å²) in [5.41, 5.74) is 5.26. The summed E-state index contributed by atoms with van der Waals surface area (Å²) in [7, 11) is 0. The highest BCUT2D eigenvalue weighted by Crippen LogP contribution is 2.12. The fraction of sp³-hybridized carbons (Fsp3) is 0.500. The van der Waals surface area contributed by atoms with Crippen molar-refractivity contribution in [2.45, 2.75) is 12.7 Å².